The van der Waals surface area contributed by atoms with E-state index in [0.717, 1.165) is 19.3 Å². The van der Waals surface area contributed by atoms with Gasteiger partial charge in [-0.1, -0.05) is 44.9 Å². The van der Waals surface area contributed by atoms with Crippen LogP contribution >= 0.6 is 0 Å². The molecule has 1 spiro atoms. The highest BCUT2D eigenvalue weighted by Gasteiger charge is 2.54. The molecule has 4 nitrogen and oxygen atoms in total. The average molecular weight is 250 g/mol. The van der Waals surface area contributed by atoms with Crippen LogP contribution in [0.1, 0.15) is 57.8 Å². The van der Waals surface area contributed by atoms with Gasteiger partial charge < -0.3 is 5.32 Å². The molecule has 18 heavy (non-hydrogen) atoms. The Labute approximate surface area is 108 Å². The Bertz CT molecular complexity index is 363. The van der Waals surface area contributed by atoms with Crippen LogP contribution in [0.4, 0.5) is 4.79 Å². The fraction of sp³-hybridized carbons (Fsp3) is 0.857. The smallest absolute Gasteiger partial charge is 0.322 e. The van der Waals surface area contributed by atoms with E-state index in [2.05, 4.69) is 10.6 Å². The van der Waals surface area contributed by atoms with Crippen molar-refractivity contribution >= 4 is 11.9 Å². The lowest BCUT2D eigenvalue weighted by molar-refractivity contribution is -0.128. The van der Waals surface area contributed by atoms with Crippen molar-refractivity contribution in [2.75, 3.05) is 0 Å². The summed E-state index contributed by atoms with van der Waals surface area (Å²) in [5.74, 6) is 0.920. The molecule has 2 atom stereocenters. The lowest BCUT2D eigenvalue weighted by atomic mass is 9.64. The minimum Gasteiger partial charge on any atom is -0.323 e. The maximum Gasteiger partial charge on any atom is 0.322 e. The van der Waals surface area contributed by atoms with Crippen LogP contribution in [0.25, 0.3) is 0 Å². The van der Waals surface area contributed by atoms with Crippen LogP contribution < -0.4 is 10.6 Å². The van der Waals surface area contributed by atoms with Gasteiger partial charge >= 0.3 is 6.03 Å². The highest BCUT2D eigenvalue weighted by molar-refractivity contribution is 6.07. The summed E-state index contributed by atoms with van der Waals surface area (Å²) in [7, 11) is 0. The van der Waals surface area contributed by atoms with E-state index in [0.29, 0.717) is 11.8 Å². The summed E-state index contributed by atoms with van der Waals surface area (Å²) in [6, 6.07) is -0.289. The molecule has 2 N–H and O–H groups in total. The minimum absolute atomic E-state index is 0.0669. The Morgan fingerprint density at radius 1 is 0.944 bits per heavy atom. The number of hydrogen-bond acceptors (Lipinski definition) is 2. The summed E-state index contributed by atoms with van der Waals surface area (Å²) in [6.07, 6.45) is 10.5. The molecular weight excluding hydrogens is 228 g/mol. The van der Waals surface area contributed by atoms with Gasteiger partial charge in [-0.15, -0.1) is 0 Å². The van der Waals surface area contributed by atoms with Gasteiger partial charge in [0.05, 0.1) is 0 Å². The second-order valence-electron chi connectivity index (χ2n) is 6.13. The maximum absolute atomic E-state index is 12.2. The molecule has 1 saturated heterocycles. The molecule has 0 radical (unpaired) electrons. The van der Waals surface area contributed by atoms with Gasteiger partial charge in [0, 0.05) is 0 Å². The van der Waals surface area contributed by atoms with Gasteiger partial charge in [0.1, 0.15) is 5.54 Å². The van der Waals surface area contributed by atoms with Crippen LogP contribution in [-0.4, -0.2) is 17.5 Å². The Hall–Kier alpha value is -1.06. The summed E-state index contributed by atoms with van der Waals surface area (Å²) in [4.78, 5) is 23.7. The zero-order valence-corrected chi connectivity index (χ0v) is 10.8. The molecule has 100 valence electrons. The second kappa shape index (κ2) is 4.56. The molecule has 2 aliphatic carbocycles. The maximum atomic E-state index is 12.2. The summed E-state index contributed by atoms with van der Waals surface area (Å²) in [5, 5.41) is 5.42. The molecule has 0 aromatic carbocycles. The fourth-order valence-corrected chi connectivity index (χ4v) is 4.32. The van der Waals surface area contributed by atoms with E-state index >= 15 is 0 Å². The van der Waals surface area contributed by atoms with Crippen molar-refractivity contribution in [1.29, 1.82) is 0 Å². The molecule has 3 aliphatic rings. The molecule has 3 rings (SSSR count). The predicted octanol–water partition coefficient (Wildman–Crippen LogP) is 2.34. The third-order valence-electron chi connectivity index (χ3n) is 5.16. The van der Waals surface area contributed by atoms with Crippen molar-refractivity contribution in [3.05, 3.63) is 0 Å². The van der Waals surface area contributed by atoms with Crippen molar-refractivity contribution in [1.82, 2.24) is 10.6 Å². The molecule has 2 unspecified atom stereocenters. The summed E-state index contributed by atoms with van der Waals surface area (Å²) < 4.78 is 0. The third kappa shape index (κ3) is 1.82. The van der Waals surface area contributed by atoms with Crippen LogP contribution in [0, 0.1) is 11.8 Å². The first-order valence-corrected chi connectivity index (χ1v) is 7.36. The van der Waals surface area contributed by atoms with E-state index in [1.54, 1.807) is 0 Å². The largest absolute Gasteiger partial charge is 0.323 e. The van der Waals surface area contributed by atoms with Crippen LogP contribution in [0.5, 0.6) is 0 Å². The van der Waals surface area contributed by atoms with Gasteiger partial charge in [-0.2, -0.15) is 0 Å². The molecule has 1 aliphatic heterocycles. The first-order chi connectivity index (χ1) is 8.72. The van der Waals surface area contributed by atoms with Crippen LogP contribution in [0.2, 0.25) is 0 Å². The number of imide groups is 1. The van der Waals surface area contributed by atoms with Crippen molar-refractivity contribution < 1.29 is 9.59 Å². The van der Waals surface area contributed by atoms with Gasteiger partial charge in [0.15, 0.2) is 0 Å². The number of urea groups is 1. The van der Waals surface area contributed by atoms with Crippen molar-refractivity contribution in [3.8, 4) is 0 Å². The normalized spacial score (nSPS) is 37.7. The Kier molecular flexibility index (Phi) is 3.04. The molecule has 2 saturated carbocycles. The first-order valence-electron chi connectivity index (χ1n) is 7.36. The minimum atomic E-state index is -0.572. The second-order valence-corrected chi connectivity index (χ2v) is 6.13. The van der Waals surface area contributed by atoms with Crippen LogP contribution in [0.3, 0.4) is 0 Å². The van der Waals surface area contributed by atoms with E-state index in [9.17, 15) is 9.59 Å². The SMILES string of the molecule is O=C1NC(=O)C2(CCCCC2C2CCCCC2)N1. The summed E-state index contributed by atoms with van der Waals surface area (Å²) in [6.45, 7) is 0. The van der Waals surface area contributed by atoms with E-state index in [4.69, 9.17) is 0 Å². The van der Waals surface area contributed by atoms with Crippen LogP contribution in [-0.2, 0) is 4.79 Å². The number of nitrogens with one attached hydrogen (secondary N) is 2. The van der Waals surface area contributed by atoms with E-state index in [1.165, 1.54) is 38.5 Å². The van der Waals surface area contributed by atoms with E-state index < -0.39 is 5.54 Å². The third-order valence-corrected chi connectivity index (χ3v) is 5.16. The zero-order chi connectivity index (χ0) is 12.6. The van der Waals surface area contributed by atoms with Crippen LogP contribution in [0.15, 0.2) is 0 Å². The highest BCUT2D eigenvalue weighted by atomic mass is 16.2. The number of carbonyl (C=O) groups excluding carboxylic acids is 2. The van der Waals surface area contributed by atoms with Crippen molar-refractivity contribution in [3.63, 3.8) is 0 Å². The Balaban J connectivity index is 1.85. The standard InChI is InChI=1S/C14H22N2O2/c17-12-14(16-13(18)15-12)9-5-4-8-11(14)10-6-2-1-3-7-10/h10-11H,1-9H2,(H2,15,16,17,18). The molecule has 0 aromatic heterocycles. The predicted molar refractivity (Wildman–Crippen MR) is 67.9 cm³/mol. The Morgan fingerprint density at radius 2 is 1.67 bits per heavy atom. The molecule has 3 amide bonds. The number of amides is 3. The number of rotatable bonds is 1. The molecular formula is C14H22N2O2. The quantitative estimate of drug-likeness (QED) is 0.702. The van der Waals surface area contributed by atoms with E-state index in [-0.39, 0.29) is 11.9 Å². The molecule has 3 fully saturated rings. The zero-order valence-electron chi connectivity index (χ0n) is 10.8. The average Bonchev–Trinajstić information content (AvgIpc) is 2.66. The van der Waals surface area contributed by atoms with Crippen molar-refractivity contribution in [2.45, 2.75) is 63.3 Å². The summed E-state index contributed by atoms with van der Waals surface area (Å²) >= 11 is 0. The lowest BCUT2D eigenvalue weighted by Gasteiger charge is -2.44. The highest BCUT2D eigenvalue weighted by Crippen LogP contribution is 2.44. The van der Waals surface area contributed by atoms with Gasteiger partial charge in [-0.05, 0) is 24.7 Å². The Morgan fingerprint density at radius 3 is 2.33 bits per heavy atom. The van der Waals surface area contributed by atoms with E-state index in [1.807, 2.05) is 0 Å². The first kappa shape index (κ1) is 12.0. The monoisotopic (exact) mass is 250 g/mol. The fourth-order valence-electron chi connectivity index (χ4n) is 4.32. The molecule has 0 aromatic rings. The van der Waals surface area contributed by atoms with Gasteiger partial charge in [0.2, 0.25) is 0 Å². The van der Waals surface area contributed by atoms with Gasteiger partial charge in [-0.25, -0.2) is 4.79 Å². The lowest BCUT2D eigenvalue weighted by Crippen LogP contribution is -2.57. The number of hydrogen-bond donors (Lipinski definition) is 2. The summed E-state index contributed by atoms with van der Waals surface area (Å²) in [5.41, 5.74) is -0.572. The molecule has 4 heteroatoms. The van der Waals surface area contributed by atoms with Gasteiger partial charge in [-0.3, -0.25) is 10.1 Å². The molecule has 1 heterocycles. The number of carbonyl (C=O) groups is 2. The van der Waals surface area contributed by atoms with Crippen molar-refractivity contribution in [2.24, 2.45) is 11.8 Å². The topological polar surface area (TPSA) is 58.2 Å². The van der Waals surface area contributed by atoms with Gasteiger partial charge in [0.25, 0.3) is 5.91 Å². The molecule has 0 bridgehead atoms.